The molecule has 146 valence electrons. The van der Waals surface area contributed by atoms with Crippen LogP contribution in [0.25, 0.3) is 11.0 Å². The van der Waals surface area contributed by atoms with Gasteiger partial charge in [-0.15, -0.1) is 0 Å². The number of carbonyl (C=O) groups excluding carboxylic acids is 1. The number of halogens is 1. The molecule has 0 saturated carbocycles. The number of ether oxygens (including phenoxy) is 1. The summed E-state index contributed by atoms with van der Waals surface area (Å²) in [6.07, 6.45) is -0.0386. The van der Waals surface area contributed by atoms with Crippen LogP contribution >= 0.6 is 11.6 Å². The lowest BCUT2D eigenvalue weighted by Gasteiger charge is -2.13. The molecule has 0 unspecified atom stereocenters. The number of benzene rings is 1. The summed E-state index contributed by atoms with van der Waals surface area (Å²) in [6.45, 7) is 8.96. The summed E-state index contributed by atoms with van der Waals surface area (Å²) in [4.78, 5) is 26.5. The first-order valence-corrected chi connectivity index (χ1v) is 9.01. The number of nitrogens with zero attached hydrogens (tertiary/aromatic N) is 1. The van der Waals surface area contributed by atoms with Crippen LogP contribution in [0.5, 0.6) is 5.75 Å². The minimum Gasteiger partial charge on any atom is -0.488 e. The molecule has 0 radical (unpaired) electrons. The van der Waals surface area contributed by atoms with Gasteiger partial charge < -0.3 is 19.4 Å². The highest BCUT2D eigenvalue weighted by Gasteiger charge is 2.17. The van der Waals surface area contributed by atoms with E-state index in [9.17, 15) is 9.59 Å². The quantitative estimate of drug-likeness (QED) is 0.552. The van der Waals surface area contributed by atoms with Gasteiger partial charge in [0.05, 0.1) is 17.0 Å². The Labute approximate surface area is 163 Å². The first-order valence-electron chi connectivity index (χ1n) is 8.63. The van der Waals surface area contributed by atoms with E-state index in [4.69, 9.17) is 20.8 Å². The van der Waals surface area contributed by atoms with Crippen molar-refractivity contribution in [3.63, 3.8) is 0 Å². The normalized spacial score (nSPS) is 11.0. The molecule has 0 aliphatic heterocycles. The Hall–Kier alpha value is -2.31. The molecule has 2 aromatic rings. The number of nitrogens with one attached hydrogen (secondary N) is 1. The van der Waals surface area contributed by atoms with Gasteiger partial charge in [0.1, 0.15) is 17.9 Å². The second-order valence-electron chi connectivity index (χ2n) is 6.85. The van der Waals surface area contributed by atoms with Crippen molar-refractivity contribution in [2.24, 2.45) is 0 Å². The second kappa shape index (κ2) is 9.06. The Kier molecular flexibility index (Phi) is 7.05. The monoisotopic (exact) mass is 392 g/mol. The van der Waals surface area contributed by atoms with E-state index in [1.165, 1.54) is 0 Å². The lowest BCUT2D eigenvalue weighted by molar-refractivity contribution is -0.120. The van der Waals surface area contributed by atoms with Gasteiger partial charge in [-0.1, -0.05) is 18.2 Å². The van der Waals surface area contributed by atoms with Crippen LogP contribution in [0.3, 0.4) is 0 Å². The lowest BCUT2D eigenvalue weighted by Crippen LogP contribution is -2.33. The van der Waals surface area contributed by atoms with Gasteiger partial charge in [0, 0.05) is 24.5 Å². The molecule has 1 amide bonds. The summed E-state index contributed by atoms with van der Waals surface area (Å²) in [6, 6.07) is 3.28. The van der Waals surface area contributed by atoms with E-state index >= 15 is 0 Å². The Morgan fingerprint density at radius 3 is 2.70 bits per heavy atom. The van der Waals surface area contributed by atoms with Crippen molar-refractivity contribution < 1.29 is 13.9 Å². The zero-order valence-corrected chi connectivity index (χ0v) is 16.9. The summed E-state index contributed by atoms with van der Waals surface area (Å²) in [7, 11) is 3.85. The molecule has 0 atom stereocenters. The molecule has 0 spiro atoms. The third kappa shape index (κ3) is 5.58. The molecule has 27 heavy (non-hydrogen) atoms. The summed E-state index contributed by atoms with van der Waals surface area (Å²) in [5.74, 6) is 0.197. The Bertz CT molecular complexity index is 918. The number of likely N-dealkylation sites (N-methyl/N-ethyl adjacent to an activating group) is 1. The molecule has 1 aromatic carbocycles. The first kappa shape index (κ1) is 21.0. The molecule has 0 saturated heterocycles. The van der Waals surface area contributed by atoms with Crippen LogP contribution in [-0.2, 0) is 11.2 Å². The minimum absolute atomic E-state index is 0.0386. The van der Waals surface area contributed by atoms with Gasteiger partial charge >= 0.3 is 5.63 Å². The zero-order valence-electron chi connectivity index (χ0n) is 16.1. The number of hydrogen-bond donors (Lipinski definition) is 1. The van der Waals surface area contributed by atoms with Gasteiger partial charge in [-0.2, -0.15) is 0 Å². The van der Waals surface area contributed by atoms with Crippen molar-refractivity contribution in [2.45, 2.75) is 20.3 Å². The number of carbonyl (C=O) groups is 1. The van der Waals surface area contributed by atoms with Gasteiger partial charge in [-0.05, 0) is 45.1 Å². The van der Waals surface area contributed by atoms with Crippen LogP contribution in [0, 0.1) is 6.92 Å². The predicted molar refractivity (Wildman–Crippen MR) is 108 cm³/mol. The van der Waals surface area contributed by atoms with Crippen molar-refractivity contribution in [3.05, 3.63) is 50.9 Å². The van der Waals surface area contributed by atoms with Crippen LogP contribution in [0.15, 0.2) is 33.5 Å². The highest BCUT2D eigenvalue weighted by Crippen LogP contribution is 2.32. The maximum atomic E-state index is 12.4. The molecule has 7 heteroatoms. The summed E-state index contributed by atoms with van der Waals surface area (Å²) in [5.41, 5.74) is 1.69. The van der Waals surface area contributed by atoms with Crippen LogP contribution in [0.2, 0.25) is 5.02 Å². The molecule has 2 rings (SSSR count). The van der Waals surface area contributed by atoms with E-state index < -0.39 is 5.63 Å². The van der Waals surface area contributed by atoms with Crippen molar-refractivity contribution in [1.29, 1.82) is 0 Å². The van der Waals surface area contributed by atoms with E-state index in [2.05, 4.69) is 11.9 Å². The molecule has 0 aliphatic carbocycles. The van der Waals surface area contributed by atoms with Gasteiger partial charge in [-0.25, -0.2) is 4.79 Å². The summed E-state index contributed by atoms with van der Waals surface area (Å²) in [5, 5.41) is 3.88. The Morgan fingerprint density at radius 1 is 1.37 bits per heavy atom. The molecular formula is C20H25ClN2O4. The largest absolute Gasteiger partial charge is 0.488 e. The first-order chi connectivity index (χ1) is 12.7. The molecule has 1 aromatic heterocycles. The second-order valence-corrected chi connectivity index (χ2v) is 7.25. The number of amides is 1. The number of fused-ring (bicyclic) bond motifs is 1. The van der Waals surface area contributed by atoms with Gasteiger partial charge in [-0.3, -0.25) is 4.79 Å². The van der Waals surface area contributed by atoms with E-state index in [0.29, 0.717) is 46.0 Å². The fourth-order valence-electron chi connectivity index (χ4n) is 2.55. The van der Waals surface area contributed by atoms with E-state index in [1.54, 1.807) is 19.1 Å². The van der Waals surface area contributed by atoms with E-state index in [1.807, 2.05) is 25.9 Å². The Balaban J connectivity index is 2.29. The lowest BCUT2D eigenvalue weighted by atomic mass is 10.0. The van der Waals surface area contributed by atoms with Crippen LogP contribution in [0.1, 0.15) is 18.1 Å². The van der Waals surface area contributed by atoms with Crippen molar-refractivity contribution >= 4 is 28.5 Å². The Morgan fingerprint density at radius 2 is 2.07 bits per heavy atom. The van der Waals surface area contributed by atoms with Gasteiger partial charge in [0.15, 0.2) is 0 Å². The van der Waals surface area contributed by atoms with Crippen molar-refractivity contribution in [3.8, 4) is 5.75 Å². The van der Waals surface area contributed by atoms with E-state index in [-0.39, 0.29) is 12.3 Å². The van der Waals surface area contributed by atoms with Crippen LogP contribution in [-0.4, -0.2) is 44.6 Å². The average molecular weight is 393 g/mol. The third-order valence-corrected chi connectivity index (χ3v) is 4.33. The third-order valence-electron chi connectivity index (χ3n) is 4.03. The smallest absolute Gasteiger partial charge is 0.340 e. The average Bonchev–Trinajstić information content (AvgIpc) is 2.57. The van der Waals surface area contributed by atoms with Gasteiger partial charge in [0.25, 0.3) is 0 Å². The molecule has 0 fully saturated rings. The molecule has 1 N–H and O–H groups in total. The van der Waals surface area contributed by atoms with E-state index in [0.717, 1.165) is 12.1 Å². The van der Waals surface area contributed by atoms with Crippen LogP contribution < -0.4 is 15.7 Å². The fraction of sp³-hybridized carbons (Fsp3) is 0.400. The predicted octanol–water partition coefficient (Wildman–Crippen LogP) is 2.93. The highest BCUT2D eigenvalue weighted by atomic mass is 35.5. The molecule has 0 bridgehead atoms. The maximum Gasteiger partial charge on any atom is 0.340 e. The SMILES string of the molecule is C=C(C)COc1cc2oc(=O)c(CC(=O)NCCN(C)C)c(C)c2cc1Cl. The van der Waals surface area contributed by atoms with Gasteiger partial charge in [0.2, 0.25) is 5.91 Å². The number of aryl methyl sites for hydroxylation is 1. The molecule has 0 aliphatic rings. The number of hydrogen-bond acceptors (Lipinski definition) is 5. The zero-order chi connectivity index (χ0) is 20.1. The number of rotatable bonds is 8. The summed E-state index contributed by atoms with van der Waals surface area (Å²) < 4.78 is 11.0. The summed E-state index contributed by atoms with van der Waals surface area (Å²) >= 11 is 6.30. The van der Waals surface area contributed by atoms with Crippen LogP contribution in [0.4, 0.5) is 0 Å². The fourth-order valence-corrected chi connectivity index (χ4v) is 2.77. The highest BCUT2D eigenvalue weighted by molar-refractivity contribution is 6.32. The topological polar surface area (TPSA) is 71.8 Å². The van der Waals surface area contributed by atoms with Crippen molar-refractivity contribution in [2.75, 3.05) is 33.8 Å². The maximum absolute atomic E-state index is 12.4. The molecule has 1 heterocycles. The standard InChI is InChI=1S/C20H25ClN2O4/c1-12(2)11-26-18-10-17-14(8-16(18)21)13(3)15(20(25)27-17)9-19(24)22-6-7-23(4)5/h8,10H,1,6-7,9,11H2,2-5H3,(H,22,24). The molecule has 6 nitrogen and oxygen atoms in total. The van der Waals surface area contributed by atoms with Crippen molar-refractivity contribution in [1.82, 2.24) is 10.2 Å². The minimum atomic E-state index is -0.532. The molecular weight excluding hydrogens is 368 g/mol.